The summed E-state index contributed by atoms with van der Waals surface area (Å²) in [6.07, 6.45) is 1.31. The van der Waals surface area contributed by atoms with Crippen molar-refractivity contribution in [3.05, 3.63) is 0 Å². The number of aliphatic hydroxyl groups excluding tert-OH is 1. The fourth-order valence-corrected chi connectivity index (χ4v) is 2.71. The molecule has 4 heteroatoms. The van der Waals surface area contributed by atoms with Crippen molar-refractivity contribution in [1.82, 2.24) is 9.80 Å². The van der Waals surface area contributed by atoms with Gasteiger partial charge in [0, 0.05) is 44.7 Å². The van der Waals surface area contributed by atoms with E-state index in [4.69, 9.17) is 4.74 Å². The second-order valence-electron chi connectivity index (χ2n) is 5.17. The molecule has 2 atom stereocenters. The molecule has 2 aliphatic heterocycles. The van der Waals surface area contributed by atoms with Crippen LogP contribution >= 0.6 is 0 Å². The van der Waals surface area contributed by atoms with E-state index >= 15 is 0 Å². The third kappa shape index (κ3) is 2.94. The van der Waals surface area contributed by atoms with E-state index in [1.165, 1.54) is 0 Å². The first-order valence-electron chi connectivity index (χ1n) is 6.44. The quantitative estimate of drug-likeness (QED) is 0.747. The Balaban J connectivity index is 1.79. The maximum Gasteiger partial charge on any atom is 0.156 e. The molecule has 2 fully saturated rings. The van der Waals surface area contributed by atoms with E-state index in [-0.39, 0.29) is 0 Å². The average Bonchev–Trinajstić information content (AvgIpc) is 2.29. The van der Waals surface area contributed by atoms with Gasteiger partial charge in [-0.3, -0.25) is 9.80 Å². The molecule has 16 heavy (non-hydrogen) atoms. The Bertz CT molecular complexity index is 215. The van der Waals surface area contributed by atoms with Crippen LogP contribution in [0, 0.1) is 0 Å². The van der Waals surface area contributed by atoms with Crippen LogP contribution in [0.25, 0.3) is 0 Å². The van der Waals surface area contributed by atoms with Crippen molar-refractivity contribution < 1.29 is 9.84 Å². The van der Waals surface area contributed by atoms with E-state index in [0.717, 1.165) is 39.0 Å². The van der Waals surface area contributed by atoms with Gasteiger partial charge >= 0.3 is 0 Å². The van der Waals surface area contributed by atoms with Crippen LogP contribution in [-0.2, 0) is 4.74 Å². The fourth-order valence-electron chi connectivity index (χ4n) is 2.71. The lowest BCUT2D eigenvalue weighted by Gasteiger charge is -2.42. The molecular weight excluding hydrogens is 204 g/mol. The van der Waals surface area contributed by atoms with Crippen LogP contribution in [0.15, 0.2) is 0 Å². The molecule has 2 heterocycles. The molecule has 0 spiro atoms. The topological polar surface area (TPSA) is 35.9 Å². The minimum Gasteiger partial charge on any atom is -0.368 e. The van der Waals surface area contributed by atoms with Gasteiger partial charge in [-0.25, -0.2) is 0 Å². The summed E-state index contributed by atoms with van der Waals surface area (Å²) in [6, 6.07) is 1.18. The summed E-state index contributed by atoms with van der Waals surface area (Å²) in [6.45, 7) is 9.80. The molecule has 2 aliphatic rings. The molecule has 0 saturated carbocycles. The number of piperazine rings is 1. The van der Waals surface area contributed by atoms with Crippen molar-refractivity contribution in [2.45, 2.75) is 45.1 Å². The lowest BCUT2D eigenvalue weighted by atomic mass is 10.0. The highest BCUT2D eigenvalue weighted by Crippen LogP contribution is 2.19. The number of hydrogen-bond donors (Lipinski definition) is 1. The Hall–Kier alpha value is -0.160. The molecule has 0 radical (unpaired) electrons. The summed E-state index contributed by atoms with van der Waals surface area (Å²) >= 11 is 0. The van der Waals surface area contributed by atoms with Crippen molar-refractivity contribution in [2.75, 3.05) is 32.8 Å². The smallest absolute Gasteiger partial charge is 0.156 e. The molecule has 0 aromatic rings. The first-order chi connectivity index (χ1) is 7.66. The molecule has 0 amide bonds. The number of hydrogen-bond acceptors (Lipinski definition) is 4. The standard InChI is InChI=1S/C12H24N2O2/c1-10(2)13-4-6-14(7-5-13)11-3-8-16-12(15)9-11/h10-12,15H,3-9H2,1-2H3. The highest BCUT2D eigenvalue weighted by atomic mass is 16.6. The summed E-state index contributed by atoms with van der Waals surface area (Å²) in [5.41, 5.74) is 0. The van der Waals surface area contributed by atoms with Crippen LogP contribution in [-0.4, -0.2) is 66.1 Å². The zero-order valence-electron chi connectivity index (χ0n) is 10.4. The van der Waals surface area contributed by atoms with Crippen LogP contribution in [0.2, 0.25) is 0 Å². The van der Waals surface area contributed by atoms with Gasteiger partial charge in [-0.1, -0.05) is 0 Å². The molecule has 2 saturated heterocycles. The zero-order valence-corrected chi connectivity index (χ0v) is 10.4. The average molecular weight is 228 g/mol. The first kappa shape index (κ1) is 12.3. The summed E-state index contributed by atoms with van der Waals surface area (Å²) in [5, 5.41) is 9.49. The Labute approximate surface area is 98.2 Å². The third-order valence-corrected chi connectivity index (χ3v) is 3.83. The molecule has 1 N–H and O–H groups in total. The normalized spacial score (nSPS) is 34.5. The zero-order chi connectivity index (χ0) is 11.5. The van der Waals surface area contributed by atoms with Gasteiger partial charge in [0.1, 0.15) is 0 Å². The van der Waals surface area contributed by atoms with Gasteiger partial charge in [0.15, 0.2) is 6.29 Å². The Kier molecular flexibility index (Phi) is 4.19. The molecule has 2 unspecified atom stereocenters. The highest BCUT2D eigenvalue weighted by molar-refractivity contribution is 4.81. The molecular formula is C12H24N2O2. The summed E-state index contributed by atoms with van der Waals surface area (Å²) < 4.78 is 5.18. The SMILES string of the molecule is CC(C)N1CCN(C2CCOC(O)C2)CC1. The second-order valence-corrected chi connectivity index (χ2v) is 5.17. The van der Waals surface area contributed by atoms with Gasteiger partial charge < -0.3 is 9.84 Å². The van der Waals surface area contributed by atoms with Gasteiger partial charge in [0.05, 0.1) is 6.61 Å². The van der Waals surface area contributed by atoms with Gasteiger partial charge in [0.2, 0.25) is 0 Å². The molecule has 0 aromatic carbocycles. The van der Waals surface area contributed by atoms with E-state index in [9.17, 15) is 5.11 Å². The van der Waals surface area contributed by atoms with Gasteiger partial charge in [0.25, 0.3) is 0 Å². The van der Waals surface area contributed by atoms with Crippen LogP contribution in [0.3, 0.4) is 0 Å². The largest absolute Gasteiger partial charge is 0.368 e. The third-order valence-electron chi connectivity index (χ3n) is 3.83. The van der Waals surface area contributed by atoms with Crippen LogP contribution in [0.1, 0.15) is 26.7 Å². The monoisotopic (exact) mass is 228 g/mol. The van der Waals surface area contributed by atoms with Crippen LogP contribution in [0.4, 0.5) is 0 Å². The maximum absolute atomic E-state index is 9.49. The Morgan fingerprint density at radius 1 is 1.19 bits per heavy atom. The van der Waals surface area contributed by atoms with E-state index in [1.54, 1.807) is 0 Å². The molecule has 0 aromatic heterocycles. The summed E-state index contributed by atoms with van der Waals surface area (Å²) in [4.78, 5) is 5.04. The lowest BCUT2D eigenvalue weighted by molar-refractivity contribution is -0.146. The number of ether oxygens (including phenoxy) is 1. The lowest BCUT2D eigenvalue weighted by Crippen LogP contribution is -2.53. The van der Waals surface area contributed by atoms with Gasteiger partial charge in [-0.15, -0.1) is 0 Å². The molecule has 0 aliphatic carbocycles. The fraction of sp³-hybridized carbons (Fsp3) is 1.00. The number of rotatable bonds is 2. The van der Waals surface area contributed by atoms with Crippen molar-refractivity contribution in [3.63, 3.8) is 0 Å². The summed E-state index contributed by atoms with van der Waals surface area (Å²) in [5.74, 6) is 0. The Morgan fingerprint density at radius 3 is 2.44 bits per heavy atom. The van der Waals surface area contributed by atoms with E-state index in [2.05, 4.69) is 23.6 Å². The predicted octanol–water partition coefficient (Wildman–Crippen LogP) is 0.510. The maximum atomic E-state index is 9.49. The minimum atomic E-state index is -0.540. The molecule has 2 rings (SSSR count). The van der Waals surface area contributed by atoms with E-state index < -0.39 is 6.29 Å². The van der Waals surface area contributed by atoms with Gasteiger partial charge in [-0.2, -0.15) is 0 Å². The van der Waals surface area contributed by atoms with Crippen molar-refractivity contribution in [1.29, 1.82) is 0 Å². The minimum absolute atomic E-state index is 0.526. The number of nitrogens with zero attached hydrogens (tertiary/aromatic N) is 2. The predicted molar refractivity (Wildman–Crippen MR) is 63.3 cm³/mol. The van der Waals surface area contributed by atoms with Gasteiger partial charge in [-0.05, 0) is 20.3 Å². The summed E-state index contributed by atoms with van der Waals surface area (Å²) in [7, 11) is 0. The van der Waals surface area contributed by atoms with Crippen LogP contribution in [0.5, 0.6) is 0 Å². The van der Waals surface area contributed by atoms with Crippen LogP contribution < -0.4 is 0 Å². The molecule has 94 valence electrons. The first-order valence-corrected chi connectivity index (χ1v) is 6.44. The van der Waals surface area contributed by atoms with E-state index in [0.29, 0.717) is 18.7 Å². The van der Waals surface area contributed by atoms with Crippen molar-refractivity contribution >= 4 is 0 Å². The highest BCUT2D eigenvalue weighted by Gasteiger charge is 2.29. The molecule has 0 bridgehead atoms. The van der Waals surface area contributed by atoms with E-state index in [1.807, 2.05) is 0 Å². The van der Waals surface area contributed by atoms with Crippen molar-refractivity contribution in [3.8, 4) is 0 Å². The second kappa shape index (κ2) is 5.45. The van der Waals surface area contributed by atoms with Crippen molar-refractivity contribution in [2.24, 2.45) is 0 Å². The molecule has 4 nitrogen and oxygen atoms in total. The Morgan fingerprint density at radius 2 is 1.88 bits per heavy atom. The number of aliphatic hydroxyl groups is 1.